The molecule has 1 aliphatic heterocycles. The second-order valence-corrected chi connectivity index (χ2v) is 6.01. The van der Waals surface area contributed by atoms with E-state index in [-0.39, 0.29) is 5.69 Å². The number of hydrogen-bond acceptors (Lipinski definition) is 3. The van der Waals surface area contributed by atoms with Crippen LogP contribution in [-0.4, -0.2) is 24.0 Å². The molecule has 1 amide bonds. The second kappa shape index (κ2) is 7.13. The third-order valence-electron chi connectivity index (χ3n) is 4.15. The molecule has 0 unspecified atom stereocenters. The van der Waals surface area contributed by atoms with E-state index in [2.05, 4.69) is 15.2 Å². The fourth-order valence-corrected chi connectivity index (χ4v) is 2.85. The first-order chi connectivity index (χ1) is 11.9. The molecular weight excluding hydrogens is 331 g/mol. The highest BCUT2D eigenvalue weighted by atomic mass is 19.4. The van der Waals surface area contributed by atoms with Gasteiger partial charge in [0.1, 0.15) is 0 Å². The monoisotopic (exact) mass is 349 g/mol. The summed E-state index contributed by atoms with van der Waals surface area (Å²) in [5, 5.41) is 2.50. The predicted octanol–water partition coefficient (Wildman–Crippen LogP) is 4.34. The number of rotatable bonds is 3. The summed E-state index contributed by atoms with van der Waals surface area (Å²) in [6.07, 6.45) is 2.06. The molecule has 0 aliphatic carbocycles. The number of aromatic nitrogens is 1. The van der Waals surface area contributed by atoms with Crippen molar-refractivity contribution in [2.45, 2.75) is 25.4 Å². The van der Waals surface area contributed by atoms with Gasteiger partial charge in [-0.2, -0.15) is 13.2 Å². The maximum absolute atomic E-state index is 12.8. The summed E-state index contributed by atoms with van der Waals surface area (Å²) < 4.78 is 38.3. The van der Waals surface area contributed by atoms with Crippen LogP contribution in [0.25, 0.3) is 0 Å². The largest absolute Gasteiger partial charge is 0.416 e. The molecule has 1 aromatic heterocycles. The molecule has 1 aliphatic rings. The van der Waals surface area contributed by atoms with E-state index in [9.17, 15) is 18.0 Å². The minimum atomic E-state index is -4.45. The summed E-state index contributed by atoms with van der Waals surface area (Å²) in [5.41, 5.74) is 0.477. The summed E-state index contributed by atoms with van der Waals surface area (Å²) in [4.78, 5) is 18.6. The van der Waals surface area contributed by atoms with Gasteiger partial charge in [-0.3, -0.25) is 9.78 Å². The fraction of sp³-hybridized carbons (Fsp3) is 0.333. The van der Waals surface area contributed by atoms with Crippen LogP contribution in [-0.2, 0) is 6.18 Å². The van der Waals surface area contributed by atoms with Crippen LogP contribution in [0.4, 0.5) is 24.5 Å². The van der Waals surface area contributed by atoms with E-state index in [0.29, 0.717) is 5.56 Å². The summed E-state index contributed by atoms with van der Waals surface area (Å²) in [6, 6.07) is 6.30. The van der Waals surface area contributed by atoms with Crippen LogP contribution in [0.3, 0.4) is 0 Å². The maximum Gasteiger partial charge on any atom is 0.416 e. The first-order valence-electron chi connectivity index (χ1n) is 8.12. The molecule has 2 heterocycles. The number of carbonyl (C=O) groups excluding carboxylic acids is 1. The number of nitrogens with one attached hydrogen (secondary N) is 1. The van der Waals surface area contributed by atoms with Crippen LogP contribution >= 0.6 is 0 Å². The summed E-state index contributed by atoms with van der Waals surface area (Å²) in [5.74, 6) is -0.481. The maximum atomic E-state index is 12.8. The normalized spacial score (nSPS) is 15.1. The molecular formula is C18H18F3N3O. The standard InChI is InChI=1S/C18H18F3N3O/c19-18(20,21)14-5-4-6-15(10-14)23-17(25)13-9-16(12-22-11-13)24-7-2-1-3-8-24/h4-6,9-12H,1-3,7-8H2,(H,23,25). The number of pyridine rings is 1. The zero-order valence-electron chi connectivity index (χ0n) is 13.5. The van der Waals surface area contributed by atoms with E-state index in [1.54, 1.807) is 12.3 Å². The number of hydrogen-bond donors (Lipinski definition) is 1. The Morgan fingerprint density at radius 2 is 1.84 bits per heavy atom. The van der Waals surface area contributed by atoms with Crippen LogP contribution in [0.5, 0.6) is 0 Å². The molecule has 3 rings (SSSR count). The number of anilines is 2. The molecule has 0 spiro atoms. The predicted molar refractivity (Wildman–Crippen MR) is 89.7 cm³/mol. The SMILES string of the molecule is O=C(Nc1cccc(C(F)(F)F)c1)c1cncc(N2CCCCC2)c1. The van der Waals surface area contributed by atoms with E-state index in [4.69, 9.17) is 0 Å². The number of halogens is 3. The average Bonchev–Trinajstić information content (AvgIpc) is 2.62. The molecule has 7 heteroatoms. The molecule has 2 aromatic rings. The lowest BCUT2D eigenvalue weighted by molar-refractivity contribution is -0.137. The van der Waals surface area contributed by atoms with Gasteiger partial charge >= 0.3 is 6.18 Å². The molecule has 25 heavy (non-hydrogen) atoms. The number of amides is 1. The smallest absolute Gasteiger partial charge is 0.370 e. The van der Waals surface area contributed by atoms with Crippen LogP contribution in [0.1, 0.15) is 35.2 Å². The van der Waals surface area contributed by atoms with Crippen molar-refractivity contribution in [3.8, 4) is 0 Å². The molecule has 4 nitrogen and oxygen atoms in total. The molecule has 1 N–H and O–H groups in total. The van der Waals surface area contributed by atoms with Gasteiger partial charge in [0, 0.05) is 25.0 Å². The highest BCUT2D eigenvalue weighted by molar-refractivity contribution is 6.04. The third kappa shape index (κ3) is 4.29. The highest BCUT2D eigenvalue weighted by Crippen LogP contribution is 2.30. The van der Waals surface area contributed by atoms with Crippen molar-refractivity contribution in [2.24, 2.45) is 0 Å². The molecule has 132 valence electrons. The molecule has 0 radical (unpaired) electrons. The number of piperidine rings is 1. The van der Waals surface area contributed by atoms with Crippen LogP contribution in [0, 0.1) is 0 Å². The third-order valence-corrected chi connectivity index (χ3v) is 4.15. The van der Waals surface area contributed by atoms with Crippen molar-refractivity contribution in [1.82, 2.24) is 4.98 Å². The number of carbonyl (C=O) groups is 1. The lowest BCUT2D eigenvalue weighted by atomic mass is 10.1. The van der Waals surface area contributed by atoms with Crippen molar-refractivity contribution in [2.75, 3.05) is 23.3 Å². The Bertz CT molecular complexity index is 755. The Labute approximate surface area is 143 Å². The van der Waals surface area contributed by atoms with Gasteiger partial charge in [-0.05, 0) is 43.5 Å². The van der Waals surface area contributed by atoms with Crippen molar-refractivity contribution in [1.29, 1.82) is 0 Å². The van der Waals surface area contributed by atoms with Gasteiger partial charge in [-0.15, -0.1) is 0 Å². The van der Waals surface area contributed by atoms with Crippen LogP contribution < -0.4 is 10.2 Å². The van der Waals surface area contributed by atoms with Gasteiger partial charge in [0.2, 0.25) is 0 Å². The van der Waals surface area contributed by atoms with E-state index in [0.717, 1.165) is 43.8 Å². The number of benzene rings is 1. The van der Waals surface area contributed by atoms with Crippen LogP contribution in [0.2, 0.25) is 0 Å². The highest BCUT2D eigenvalue weighted by Gasteiger charge is 2.30. The molecule has 0 bridgehead atoms. The lowest BCUT2D eigenvalue weighted by Crippen LogP contribution is -2.29. The molecule has 0 atom stereocenters. The van der Waals surface area contributed by atoms with E-state index >= 15 is 0 Å². The average molecular weight is 349 g/mol. The van der Waals surface area contributed by atoms with Gasteiger partial charge in [-0.25, -0.2) is 0 Å². The van der Waals surface area contributed by atoms with Gasteiger partial charge in [0.15, 0.2) is 0 Å². The van der Waals surface area contributed by atoms with Gasteiger partial charge in [-0.1, -0.05) is 6.07 Å². The van der Waals surface area contributed by atoms with E-state index in [1.807, 2.05) is 0 Å². The zero-order valence-corrected chi connectivity index (χ0v) is 13.5. The Balaban J connectivity index is 1.75. The minimum Gasteiger partial charge on any atom is -0.370 e. The first-order valence-corrected chi connectivity index (χ1v) is 8.12. The van der Waals surface area contributed by atoms with E-state index in [1.165, 1.54) is 24.8 Å². The Hall–Kier alpha value is -2.57. The zero-order chi connectivity index (χ0) is 17.9. The van der Waals surface area contributed by atoms with Crippen molar-refractivity contribution >= 4 is 17.3 Å². The van der Waals surface area contributed by atoms with E-state index < -0.39 is 17.6 Å². The molecule has 1 aromatic carbocycles. The molecule has 1 fully saturated rings. The lowest BCUT2D eigenvalue weighted by Gasteiger charge is -2.28. The minimum absolute atomic E-state index is 0.100. The Morgan fingerprint density at radius 3 is 2.56 bits per heavy atom. The summed E-state index contributed by atoms with van der Waals surface area (Å²) >= 11 is 0. The van der Waals surface area contributed by atoms with Crippen molar-refractivity contribution in [3.63, 3.8) is 0 Å². The first kappa shape index (κ1) is 17.3. The van der Waals surface area contributed by atoms with Gasteiger partial charge < -0.3 is 10.2 Å². The topological polar surface area (TPSA) is 45.2 Å². The van der Waals surface area contributed by atoms with Crippen LogP contribution in [0.15, 0.2) is 42.7 Å². The van der Waals surface area contributed by atoms with Crippen molar-refractivity contribution in [3.05, 3.63) is 53.9 Å². The number of nitrogens with zero attached hydrogens (tertiary/aromatic N) is 2. The summed E-state index contributed by atoms with van der Waals surface area (Å²) in [6.45, 7) is 1.83. The Kier molecular flexibility index (Phi) is 4.92. The Morgan fingerprint density at radius 1 is 1.08 bits per heavy atom. The van der Waals surface area contributed by atoms with Crippen molar-refractivity contribution < 1.29 is 18.0 Å². The molecule has 1 saturated heterocycles. The van der Waals surface area contributed by atoms with Gasteiger partial charge in [0.25, 0.3) is 5.91 Å². The quantitative estimate of drug-likeness (QED) is 0.896. The fourth-order valence-electron chi connectivity index (χ4n) is 2.85. The summed E-state index contributed by atoms with van der Waals surface area (Å²) in [7, 11) is 0. The number of alkyl halides is 3. The second-order valence-electron chi connectivity index (χ2n) is 6.01. The van der Waals surface area contributed by atoms with Gasteiger partial charge in [0.05, 0.1) is 23.0 Å². The molecule has 0 saturated carbocycles.